The van der Waals surface area contributed by atoms with E-state index in [1.165, 1.54) is 29.1 Å². The molecule has 10 nitrogen and oxygen atoms in total. The number of unbranched alkanes of at least 4 members (excludes halogenated alkanes) is 1. The molecule has 1 aromatic rings. The van der Waals surface area contributed by atoms with E-state index in [1.807, 2.05) is 6.92 Å². The summed E-state index contributed by atoms with van der Waals surface area (Å²) < 4.78 is 27.9. The number of carbonyl (C=O) groups excluding carboxylic acids is 1. The molecule has 1 aliphatic rings. The maximum Gasteiger partial charge on any atom is 0.292 e. The molecule has 0 saturated carbocycles. The first-order valence-corrected chi connectivity index (χ1v) is 9.63. The summed E-state index contributed by atoms with van der Waals surface area (Å²) in [6.45, 7) is 1.37. The quantitative estimate of drug-likeness (QED) is 0.275. The molecule has 1 amide bonds. The SMILES string of the molecule is CCCCOP(=O)([O-])OC[C@H]1O[C@@H]([n+]2cccc(C(N)=O)c2)[C@H](O)[C@@H]1O. The minimum absolute atomic E-state index is 0.00632. The fourth-order valence-electron chi connectivity index (χ4n) is 2.43. The van der Waals surface area contributed by atoms with Gasteiger partial charge in [0.25, 0.3) is 20.0 Å². The molecule has 0 spiro atoms. The summed E-state index contributed by atoms with van der Waals surface area (Å²) in [7, 11) is -4.52. The first kappa shape index (κ1) is 20.9. The van der Waals surface area contributed by atoms with Crippen LogP contribution in [0.2, 0.25) is 0 Å². The number of phosphoric acid groups is 1. The van der Waals surface area contributed by atoms with Gasteiger partial charge < -0.3 is 34.6 Å². The van der Waals surface area contributed by atoms with Gasteiger partial charge in [0, 0.05) is 6.07 Å². The maximum absolute atomic E-state index is 11.6. The lowest BCUT2D eigenvalue weighted by Crippen LogP contribution is -2.46. The van der Waals surface area contributed by atoms with Crippen LogP contribution in [0, 0.1) is 0 Å². The monoisotopic (exact) mass is 390 g/mol. The highest BCUT2D eigenvalue weighted by atomic mass is 31.2. The molecular formula is C15H23N2O8P. The number of primary amides is 1. The number of phosphoric ester groups is 1. The second kappa shape index (κ2) is 9.01. The average Bonchev–Trinajstić information content (AvgIpc) is 2.88. The van der Waals surface area contributed by atoms with Crippen molar-refractivity contribution in [3.05, 3.63) is 30.1 Å². The van der Waals surface area contributed by atoms with Crippen LogP contribution in [-0.2, 0) is 18.3 Å². The standard InChI is InChI=1S/C15H23N2O8P/c1-2-3-7-23-26(21,22)24-9-11-12(18)13(19)15(25-11)17-6-4-5-10(8-17)14(16)20/h4-6,8,11-13,15,18-19H,2-3,7,9H2,1H3,(H2-,16,20,21,22)/t11-,12-,13-,15-/m1/s1. The van der Waals surface area contributed by atoms with Gasteiger partial charge in [0.15, 0.2) is 18.5 Å². The molecule has 0 aliphatic carbocycles. The van der Waals surface area contributed by atoms with Crippen molar-refractivity contribution in [3.63, 3.8) is 0 Å². The molecule has 1 aliphatic heterocycles. The lowest BCUT2D eigenvalue weighted by Gasteiger charge is -2.24. The number of aliphatic hydroxyl groups excluding tert-OH is 2. The molecule has 1 fully saturated rings. The first-order chi connectivity index (χ1) is 12.2. The van der Waals surface area contributed by atoms with Crippen molar-refractivity contribution < 1.29 is 42.8 Å². The second-order valence-corrected chi connectivity index (χ2v) is 7.29. The zero-order valence-electron chi connectivity index (χ0n) is 14.3. The summed E-state index contributed by atoms with van der Waals surface area (Å²) >= 11 is 0. The van der Waals surface area contributed by atoms with E-state index in [1.54, 1.807) is 0 Å². The third-order valence-electron chi connectivity index (χ3n) is 3.88. The molecule has 1 saturated heterocycles. The summed E-state index contributed by atoms with van der Waals surface area (Å²) in [5.41, 5.74) is 5.40. The predicted octanol–water partition coefficient (Wildman–Crippen LogP) is -1.01. The van der Waals surface area contributed by atoms with Crippen LogP contribution in [-0.4, -0.2) is 47.6 Å². The van der Waals surface area contributed by atoms with Crippen LogP contribution in [0.3, 0.4) is 0 Å². The lowest BCUT2D eigenvalue weighted by atomic mass is 10.1. The van der Waals surface area contributed by atoms with Crippen LogP contribution in [0.4, 0.5) is 0 Å². The molecule has 1 unspecified atom stereocenters. The topological polar surface area (TPSA) is 155 Å². The fourth-order valence-corrected chi connectivity index (χ4v) is 3.19. The van der Waals surface area contributed by atoms with E-state index < -0.39 is 44.9 Å². The van der Waals surface area contributed by atoms with E-state index in [0.29, 0.717) is 6.42 Å². The van der Waals surface area contributed by atoms with Crippen molar-refractivity contribution in [2.45, 2.75) is 44.3 Å². The van der Waals surface area contributed by atoms with Gasteiger partial charge in [-0.1, -0.05) is 13.3 Å². The second-order valence-electron chi connectivity index (χ2n) is 5.88. The number of nitrogens with two attached hydrogens (primary N) is 1. The van der Waals surface area contributed by atoms with E-state index in [2.05, 4.69) is 4.52 Å². The molecule has 4 N–H and O–H groups in total. The molecule has 26 heavy (non-hydrogen) atoms. The van der Waals surface area contributed by atoms with Crippen molar-refractivity contribution in [3.8, 4) is 0 Å². The van der Waals surface area contributed by atoms with Gasteiger partial charge in [-0.2, -0.15) is 4.57 Å². The highest BCUT2D eigenvalue weighted by Crippen LogP contribution is 2.39. The molecule has 0 aromatic carbocycles. The summed E-state index contributed by atoms with van der Waals surface area (Å²) in [6, 6.07) is 3.01. The van der Waals surface area contributed by atoms with Gasteiger partial charge in [-0.25, -0.2) is 0 Å². The smallest absolute Gasteiger partial charge is 0.292 e. The van der Waals surface area contributed by atoms with Crippen molar-refractivity contribution in [2.24, 2.45) is 5.73 Å². The van der Waals surface area contributed by atoms with Gasteiger partial charge in [0.2, 0.25) is 0 Å². The number of nitrogens with zero attached hydrogens (tertiary/aromatic N) is 1. The van der Waals surface area contributed by atoms with Gasteiger partial charge in [-0.05, 0) is 12.5 Å². The highest BCUT2D eigenvalue weighted by Gasteiger charge is 2.48. The van der Waals surface area contributed by atoms with Gasteiger partial charge in [-0.3, -0.25) is 9.36 Å². The molecular weight excluding hydrogens is 367 g/mol. The normalized spacial score (nSPS) is 28.0. The van der Waals surface area contributed by atoms with E-state index >= 15 is 0 Å². The Morgan fingerprint density at radius 3 is 2.81 bits per heavy atom. The van der Waals surface area contributed by atoms with Gasteiger partial charge in [-0.15, -0.1) is 0 Å². The lowest BCUT2D eigenvalue weighted by molar-refractivity contribution is -0.765. The van der Waals surface area contributed by atoms with Crippen LogP contribution >= 0.6 is 7.82 Å². The summed E-state index contributed by atoms with van der Waals surface area (Å²) in [4.78, 5) is 22.9. The Kier molecular flexibility index (Phi) is 7.24. The Balaban J connectivity index is 2.00. The van der Waals surface area contributed by atoms with E-state index in [0.717, 1.165) is 6.42 Å². The maximum atomic E-state index is 11.6. The third kappa shape index (κ3) is 5.31. The van der Waals surface area contributed by atoms with Crippen molar-refractivity contribution >= 4 is 13.7 Å². The Hall–Kier alpha value is -1.39. The van der Waals surface area contributed by atoms with Crippen LogP contribution < -0.4 is 15.2 Å². The summed E-state index contributed by atoms with van der Waals surface area (Å²) in [6.07, 6.45) is -0.682. The summed E-state index contributed by atoms with van der Waals surface area (Å²) in [5.74, 6) is -0.663. The number of pyridine rings is 1. The van der Waals surface area contributed by atoms with Crippen molar-refractivity contribution in [2.75, 3.05) is 13.2 Å². The first-order valence-electron chi connectivity index (χ1n) is 8.17. The van der Waals surface area contributed by atoms with Gasteiger partial charge >= 0.3 is 0 Å². The van der Waals surface area contributed by atoms with Crippen LogP contribution in [0.25, 0.3) is 0 Å². The number of hydrogen-bond donors (Lipinski definition) is 3. The minimum atomic E-state index is -4.52. The van der Waals surface area contributed by atoms with Crippen molar-refractivity contribution in [1.82, 2.24) is 0 Å². The minimum Gasteiger partial charge on any atom is -0.756 e. The number of aromatic nitrogens is 1. The Morgan fingerprint density at radius 1 is 1.42 bits per heavy atom. The number of aliphatic hydroxyl groups is 2. The molecule has 11 heteroatoms. The Bertz CT molecular complexity index is 673. The summed E-state index contributed by atoms with van der Waals surface area (Å²) in [5, 5.41) is 20.3. The highest BCUT2D eigenvalue weighted by molar-refractivity contribution is 7.45. The van der Waals surface area contributed by atoms with Crippen LogP contribution in [0.5, 0.6) is 0 Å². The number of rotatable bonds is 9. The van der Waals surface area contributed by atoms with E-state index in [4.69, 9.17) is 15.0 Å². The molecule has 146 valence electrons. The number of carbonyl (C=O) groups is 1. The van der Waals surface area contributed by atoms with E-state index in [9.17, 15) is 24.5 Å². The Labute approximate surface area is 150 Å². The molecule has 0 bridgehead atoms. The largest absolute Gasteiger partial charge is 0.756 e. The Morgan fingerprint density at radius 2 is 2.15 bits per heavy atom. The predicted molar refractivity (Wildman–Crippen MR) is 85.5 cm³/mol. The van der Waals surface area contributed by atoms with E-state index in [-0.39, 0.29) is 12.2 Å². The van der Waals surface area contributed by atoms with Gasteiger partial charge in [0.05, 0.1) is 13.2 Å². The number of amides is 1. The van der Waals surface area contributed by atoms with Crippen LogP contribution in [0.1, 0.15) is 36.4 Å². The molecule has 2 heterocycles. The van der Waals surface area contributed by atoms with Crippen LogP contribution in [0.15, 0.2) is 24.5 Å². The third-order valence-corrected chi connectivity index (χ3v) is 4.85. The number of ether oxygens (including phenoxy) is 1. The zero-order valence-corrected chi connectivity index (χ0v) is 15.2. The zero-order chi connectivity index (χ0) is 19.3. The molecule has 2 rings (SSSR count). The molecule has 1 aromatic heterocycles. The van der Waals surface area contributed by atoms with Gasteiger partial charge in [0.1, 0.15) is 17.8 Å². The fraction of sp³-hybridized carbons (Fsp3) is 0.600. The molecule has 5 atom stereocenters. The van der Waals surface area contributed by atoms with Crippen molar-refractivity contribution in [1.29, 1.82) is 0 Å². The molecule has 0 radical (unpaired) electrons. The number of hydrogen-bond acceptors (Lipinski definition) is 8. The average molecular weight is 390 g/mol.